The molecule has 0 radical (unpaired) electrons. The van der Waals surface area contributed by atoms with Gasteiger partial charge in [-0.25, -0.2) is 0 Å². The second-order valence-electron chi connectivity index (χ2n) is 9.90. The van der Waals surface area contributed by atoms with Crippen molar-refractivity contribution >= 4 is 0 Å². The SMILES string of the molecule is CC[C@H]1CC[C@H]2[C@@H]3C=CC4=CC5(CC[C@]4(C)[C@H]3CC[C@]12C)OCCO5. The van der Waals surface area contributed by atoms with Crippen molar-refractivity contribution in [2.24, 2.45) is 34.5 Å². The molecule has 2 nitrogen and oxygen atoms in total. The van der Waals surface area contributed by atoms with Gasteiger partial charge in [0.25, 0.3) is 0 Å². The summed E-state index contributed by atoms with van der Waals surface area (Å²) in [6.07, 6.45) is 16.7. The molecule has 1 saturated heterocycles. The molecule has 5 rings (SSSR count). The smallest absolute Gasteiger partial charge is 0.188 e. The van der Waals surface area contributed by atoms with Crippen molar-refractivity contribution in [2.75, 3.05) is 13.2 Å². The second-order valence-corrected chi connectivity index (χ2v) is 9.90. The van der Waals surface area contributed by atoms with E-state index < -0.39 is 5.79 Å². The zero-order valence-electron chi connectivity index (χ0n) is 16.2. The van der Waals surface area contributed by atoms with Crippen molar-refractivity contribution in [1.29, 1.82) is 0 Å². The van der Waals surface area contributed by atoms with Crippen molar-refractivity contribution in [3.8, 4) is 0 Å². The highest BCUT2D eigenvalue weighted by Gasteiger charge is 2.58. The quantitative estimate of drug-likeness (QED) is 0.627. The lowest BCUT2D eigenvalue weighted by Crippen LogP contribution is -2.50. The van der Waals surface area contributed by atoms with Crippen LogP contribution in [0.4, 0.5) is 0 Å². The summed E-state index contributed by atoms with van der Waals surface area (Å²) >= 11 is 0. The lowest BCUT2D eigenvalue weighted by molar-refractivity contribution is -0.138. The third kappa shape index (κ3) is 2.16. The fraction of sp³-hybridized carbons (Fsp3) is 0.826. The van der Waals surface area contributed by atoms with Gasteiger partial charge in [-0.1, -0.05) is 39.3 Å². The molecule has 0 aromatic heterocycles. The highest BCUT2D eigenvalue weighted by molar-refractivity contribution is 5.37. The second kappa shape index (κ2) is 5.45. The maximum Gasteiger partial charge on any atom is 0.188 e. The van der Waals surface area contributed by atoms with Crippen LogP contribution in [0.15, 0.2) is 23.8 Å². The van der Waals surface area contributed by atoms with E-state index in [2.05, 4.69) is 39.0 Å². The molecular weight excluding hydrogens is 308 g/mol. The van der Waals surface area contributed by atoms with Crippen LogP contribution in [0.5, 0.6) is 0 Å². The van der Waals surface area contributed by atoms with E-state index in [1.807, 2.05) is 0 Å². The van der Waals surface area contributed by atoms with Gasteiger partial charge in [0, 0.05) is 6.42 Å². The summed E-state index contributed by atoms with van der Waals surface area (Å²) in [4.78, 5) is 0. The normalized spacial score (nSPS) is 50.3. The highest BCUT2D eigenvalue weighted by Crippen LogP contribution is 2.66. The van der Waals surface area contributed by atoms with Crippen LogP contribution in [0.3, 0.4) is 0 Å². The van der Waals surface area contributed by atoms with Gasteiger partial charge in [0.05, 0.1) is 13.2 Å². The average molecular weight is 343 g/mol. The zero-order chi connectivity index (χ0) is 17.3. The molecule has 2 saturated carbocycles. The molecule has 1 aliphatic heterocycles. The van der Waals surface area contributed by atoms with E-state index in [1.165, 1.54) is 44.1 Å². The maximum absolute atomic E-state index is 5.99. The molecule has 6 atom stereocenters. The monoisotopic (exact) mass is 342 g/mol. The molecule has 138 valence electrons. The van der Waals surface area contributed by atoms with Crippen LogP contribution < -0.4 is 0 Å². The molecule has 0 unspecified atom stereocenters. The van der Waals surface area contributed by atoms with E-state index >= 15 is 0 Å². The molecule has 1 spiro atoms. The number of rotatable bonds is 1. The summed E-state index contributed by atoms with van der Waals surface area (Å²) in [5.41, 5.74) is 2.41. The van der Waals surface area contributed by atoms with Crippen LogP contribution in [0.2, 0.25) is 0 Å². The predicted octanol–water partition coefficient (Wildman–Crippen LogP) is 5.49. The Kier molecular flexibility index (Phi) is 3.61. The molecule has 1 heterocycles. The van der Waals surface area contributed by atoms with Crippen LogP contribution in [-0.2, 0) is 9.47 Å². The molecule has 5 aliphatic rings. The van der Waals surface area contributed by atoms with E-state index in [-0.39, 0.29) is 0 Å². The number of ether oxygens (including phenoxy) is 2. The predicted molar refractivity (Wildman–Crippen MR) is 100 cm³/mol. The Morgan fingerprint density at radius 2 is 1.80 bits per heavy atom. The standard InChI is InChI=1S/C23H34O2/c1-4-16-6-8-19-18-7-5-17-15-23(24-13-14-25-23)12-11-22(17,3)20(18)9-10-21(16,19)2/h5,7,15-16,18-20H,4,6,8-14H2,1-3H3/t16-,18-,19-,20-,21+,22-/m0/s1. The molecule has 0 aromatic rings. The molecule has 0 N–H and O–H groups in total. The molecule has 3 fully saturated rings. The van der Waals surface area contributed by atoms with Gasteiger partial charge in [0.2, 0.25) is 0 Å². The average Bonchev–Trinajstić information content (AvgIpc) is 3.19. The summed E-state index contributed by atoms with van der Waals surface area (Å²) in [6, 6.07) is 0. The molecule has 2 heteroatoms. The fourth-order valence-corrected chi connectivity index (χ4v) is 7.59. The minimum atomic E-state index is -0.407. The van der Waals surface area contributed by atoms with Crippen LogP contribution in [-0.4, -0.2) is 19.0 Å². The maximum atomic E-state index is 5.99. The highest BCUT2D eigenvalue weighted by atomic mass is 16.7. The Balaban J connectivity index is 1.50. The van der Waals surface area contributed by atoms with E-state index in [4.69, 9.17) is 9.47 Å². The lowest BCUT2D eigenvalue weighted by atomic mass is 9.48. The molecule has 0 amide bonds. The third-order valence-corrected chi connectivity index (χ3v) is 9.14. The first-order chi connectivity index (χ1) is 12.0. The largest absolute Gasteiger partial charge is 0.344 e. The van der Waals surface area contributed by atoms with E-state index in [1.54, 1.807) is 0 Å². The van der Waals surface area contributed by atoms with Crippen molar-refractivity contribution < 1.29 is 9.47 Å². The Hall–Kier alpha value is -0.600. The van der Waals surface area contributed by atoms with E-state index in [9.17, 15) is 0 Å². The summed E-state index contributed by atoms with van der Waals surface area (Å²) in [5, 5.41) is 0. The van der Waals surface area contributed by atoms with Gasteiger partial charge in [-0.2, -0.15) is 0 Å². The first kappa shape index (κ1) is 16.6. The Morgan fingerprint density at radius 1 is 1.00 bits per heavy atom. The van der Waals surface area contributed by atoms with E-state index in [0.717, 1.165) is 43.3 Å². The molecule has 0 bridgehead atoms. The van der Waals surface area contributed by atoms with Gasteiger partial charge in [-0.15, -0.1) is 0 Å². The van der Waals surface area contributed by atoms with Gasteiger partial charge in [0.15, 0.2) is 5.79 Å². The fourth-order valence-electron chi connectivity index (χ4n) is 7.59. The third-order valence-electron chi connectivity index (χ3n) is 9.14. The summed E-state index contributed by atoms with van der Waals surface area (Å²) in [6.45, 7) is 9.05. The van der Waals surface area contributed by atoms with Crippen molar-refractivity contribution in [1.82, 2.24) is 0 Å². The van der Waals surface area contributed by atoms with Gasteiger partial charge in [-0.05, 0) is 78.3 Å². The molecule has 4 aliphatic carbocycles. The van der Waals surface area contributed by atoms with Crippen LogP contribution >= 0.6 is 0 Å². The van der Waals surface area contributed by atoms with Crippen LogP contribution in [0.1, 0.15) is 65.7 Å². The Morgan fingerprint density at radius 3 is 2.56 bits per heavy atom. The number of hydrogen-bond donors (Lipinski definition) is 0. The summed E-state index contributed by atoms with van der Waals surface area (Å²) < 4.78 is 12.0. The number of hydrogen-bond acceptors (Lipinski definition) is 2. The zero-order valence-corrected chi connectivity index (χ0v) is 16.2. The minimum Gasteiger partial charge on any atom is -0.344 e. The van der Waals surface area contributed by atoms with Gasteiger partial charge in [0.1, 0.15) is 0 Å². The Labute approximate surface area is 153 Å². The van der Waals surface area contributed by atoms with Crippen molar-refractivity contribution in [3.63, 3.8) is 0 Å². The van der Waals surface area contributed by atoms with Crippen LogP contribution in [0, 0.1) is 34.5 Å². The molecule has 25 heavy (non-hydrogen) atoms. The van der Waals surface area contributed by atoms with Gasteiger partial charge < -0.3 is 9.47 Å². The first-order valence-electron chi connectivity index (χ1n) is 10.7. The van der Waals surface area contributed by atoms with Crippen molar-refractivity contribution in [3.05, 3.63) is 23.8 Å². The lowest BCUT2D eigenvalue weighted by Gasteiger charge is -2.57. The van der Waals surface area contributed by atoms with Crippen LogP contribution in [0.25, 0.3) is 0 Å². The first-order valence-corrected chi connectivity index (χ1v) is 10.7. The number of fused-ring (bicyclic) bond motifs is 5. The summed E-state index contributed by atoms with van der Waals surface area (Å²) in [7, 11) is 0. The summed E-state index contributed by atoms with van der Waals surface area (Å²) in [5.74, 6) is 3.05. The van der Waals surface area contributed by atoms with Crippen molar-refractivity contribution in [2.45, 2.75) is 71.5 Å². The van der Waals surface area contributed by atoms with E-state index in [0.29, 0.717) is 10.8 Å². The van der Waals surface area contributed by atoms with Gasteiger partial charge >= 0.3 is 0 Å². The Bertz CT molecular complexity index is 614. The topological polar surface area (TPSA) is 18.5 Å². The molecular formula is C23H34O2. The minimum absolute atomic E-state index is 0.325. The van der Waals surface area contributed by atoms with Gasteiger partial charge in [-0.3, -0.25) is 0 Å². The number of allylic oxidation sites excluding steroid dienone is 3. The molecule has 0 aromatic carbocycles.